The maximum Gasteiger partial charge on any atom is -0.0169 e. The first-order chi connectivity index (χ1) is 7.36. The van der Waals surface area contributed by atoms with Crippen LogP contribution in [0.4, 0.5) is 0 Å². The van der Waals surface area contributed by atoms with Gasteiger partial charge in [-0.3, -0.25) is 0 Å². The SMILES string of the molecule is CCC1CC(CC)C2CCCC=CC=C12. The van der Waals surface area contributed by atoms with Gasteiger partial charge < -0.3 is 0 Å². The predicted octanol–water partition coefficient (Wildman–Crippen LogP) is 4.73. The summed E-state index contributed by atoms with van der Waals surface area (Å²) in [6.07, 6.45) is 15.4. The molecule has 0 aromatic carbocycles. The van der Waals surface area contributed by atoms with Crippen LogP contribution in [0.15, 0.2) is 23.8 Å². The van der Waals surface area contributed by atoms with Crippen LogP contribution in [0.2, 0.25) is 0 Å². The molecule has 0 aromatic rings. The van der Waals surface area contributed by atoms with Crippen molar-refractivity contribution in [3.8, 4) is 0 Å². The molecule has 0 aliphatic heterocycles. The molecule has 2 rings (SSSR count). The molecule has 0 aromatic heterocycles. The van der Waals surface area contributed by atoms with Crippen LogP contribution in [0, 0.1) is 17.8 Å². The molecule has 0 amide bonds. The first-order valence-corrected chi connectivity index (χ1v) is 6.73. The van der Waals surface area contributed by atoms with Crippen molar-refractivity contribution in [1.82, 2.24) is 0 Å². The highest BCUT2D eigenvalue weighted by Crippen LogP contribution is 2.47. The summed E-state index contributed by atoms with van der Waals surface area (Å²) >= 11 is 0. The highest BCUT2D eigenvalue weighted by Gasteiger charge is 2.35. The third-order valence-electron chi connectivity index (χ3n) is 4.38. The quantitative estimate of drug-likeness (QED) is 0.610. The molecule has 2 aliphatic rings. The van der Waals surface area contributed by atoms with E-state index in [0.29, 0.717) is 0 Å². The van der Waals surface area contributed by atoms with Gasteiger partial charge in [-0.15, -0.1) is 0 Å². The van der Waals surface area contributed by atoms with Crippen molar-refractivity contribution in [2.45, 2.75) is 52.4 Å². The van der Waals surface area contributed by atoms with Gasteiger partial charge in [-0.2, -0.15) is 0 Å². The Balaban J connectivity index is 2.22. The van der Waals surface area contributed by atoms with Crippen molar-refractivity contribution in [3.05, 3.63) is 23.8 Å². The second kappa shape index (κ2) is 5.01. The van der Waals surface area contributed by atoms with Crippen LogP contribution >= 0.6 is 0 Å². The van der Waals surface area contributed by atoms with E-state index in [2.05, 4.69) is 32.1 Å². The molecule has 0 N–H and O–H groups in total. The lowest BCUT2D eigenvalue weighted by atomic mass is 9.85. The van der Waals surface area contributed by atoms with Crippen molar-refractivity contribution in [2.24, 2.45) is 17.8 Å². The summed E-state index contributed by atoms with van der Waals surface area (Å²) in [6, 6.07) is 0. The van der Waals surface area contributed by atoms with Gasteiger partial charge in [0.25, 0.3) is 0 Å². The average Bonchev–Trinajstić information content (AvgIpc) is 2.54. The maximum absolute atomic E-state index is 2.44. The Morgan fingerprint density at radius 1 is 1.27 bits per heavy atom. The van der Waals surface area contributed by atoms with E-state index >= 15 is 0 Å². The molecule has 0 heterocycles. The Hall–Kier alpha value is -0.520. The van der Waals surface area contributed by atoms with Gasteiger partial charge in [-0.1, -0.05) is 44.1 Å². The van der Waals surface area contributed by atoms with Gasteiger partial charge in [0.05, 0.1) is 0 Å². The summed E-state index contributed by atoms with van der Waals surface area (Å²) < 4.78 is 0. The second-order valence-corrected chi connectivity index (χ2v) is 5.14. The van der Waals surface area contributed by atoms with Crippen LogP contribution in [0.1, 0.15) is 52.4 Å². The molecule has 3 atom stereocenters. The average molecular weight is 204 g/mol. The van der Waals surface area contributed by atoms with Crippen LogP contribution in [0.5, 0.6) is 0 Å². The topological polar surface area (TPSA) is 0 Å². The minimum Gasteiger partial charge on any atom is -0.0845 e. The van der Waals surface area contributed by atoms with Crippen molar-refractivity contribution in [1.29, 1.82) is 0 Å². The van der Waals surface area contributed by atoms with Gasteiger partial charge >= 0.3 is 0 Å². The first-order valence-electron chi connectivity index (χ1n) is 6.73. The Labute approximate surface area is 94.5 Å². The molecule has 15 heavy (non-hydrogen) atoms. The zero-order chi connectivity index (χ0) is 10.7. The largest absolute Gasteiger partial charge is 0.0845 e. The predicted molar refractivity (Wildman–Crippen MR) is 66.7 cm³/mol. The molecule has 3 unspecified atom stereocenters. The summed E-state index contributed by atoms with van der Waals surface area (Å²) in [5, 5.41) is 0. The molecule has 1 saturated carbocycles. The number of hydrogen-bond acceptors (Lipinski definition) is 0. The molecule has 0 bridgehead atoms. The number of rotatable bonds is 2. The third kappa shape index (κ3) is 2.19. The Morgan fingerprint density at radius 2 is 2.13 bits per heavy atom. The summed E-state index contributed by atoms with van der Waals surface area (Å²) in [4.78, 5) is 0. The lowest BCUT2D eigenvalue weighted by molar-refractivity contribution is 0.373. The minimum atomic E-state index is 0.891. The monoisotopic (exact) mass is 204 g/mol. The Morgan fingerprint density at radius 3 is 2.87 bits per heavy atom. The first kappa shape index (κ1) is 11.0. The summed E-state index contributed by atoms with van der Waals surface area (Å²) in [5.41, 5.74) is 1.78. The molecule has 84 valence electrons. The highest BCUT2D eigenvalue weighted by molar-refractivity contribution is 5.23. The molecule has 0 saturated heterocycles. The fraction of sp³-hybridized carbons (Fsp3) is 0.733. The normalized spacial score (nSPS) is 35.6. The van der Waals surface area contributed by atoms with Crippen LogP contribution in [-0.4, -0.2) is 0 Å². The molecule has 0 radical (unpaired) electrons. The smallest absolute Gasteiger partial charge is 0.0169 e. The Bertz CT molecular complexity index is 259. The van der Waals surface area contributed by atoms with E-state index in [1.807, 2.05) is 0 Å². The molecule has 1 fully saturated rings. The Kier molecular flexibility index (Phi) is 3.66. The number of hydrogen-bond donors (Lipinski definition) is 0. The number of fused-ring (bicyclic) bond motifs is 1. The van der Waals surface area contributed by atoms with E-state index in [1.54, 1.807) is 5.57 Å². The zero-order valence-electron chi connectivity index (χ0n) is 10.2. The van der Waals surface area contributed by atoms with Crippen molar-refractivity contribution in [2.75, 3.05) is 0 Å². The highest BCUT2D eigenvalue weighted by atomic mass is 14.4. The van der Waals surface area contributed by atoms with E-state index in [0.717, 1.165) is 17.8 Å². The van der Waals surface area contributed by atoms with Crippen LogP contribution in [0.25, 0.3) is 0 Å². The van der Waals surface area contributed by atoms with Gasteiger partial charge in [0.15, 0.2) is 0 Å². The maximum atomic E-state index is 2.44. The summed E-state index contributed by atoms with van der Waals surface area (Å²) in [5.74, 6) is 2.79. The summed E-state index contributed by atoms with van der Waals surface area (Å²) in [6.45, 7) is 4.72. The van der Waals surface area contributed by atoms with Gasteiger partial charge in [0.2, 0.25) is 0 Å². The van der Waals surface area contributed by atoms with E-state index < -0.39 is 0 Å². The van der Waals surface area contributed by atoms with Crippen molar-refractivity contribution >= 4 is 0 Å². The van der Waals surface area contributed by atoms with Gasteiger partial charge in [-0.05, 0) is 49.9 Å². The van der Waals surface area contributed by atoms with Crippen molar-refractivity contribution < 1.29 is 0 Å². The standard InChI is InChI=1S/C15H24/c1-3-12-11-13(4-2)15-10-8-6-5-7-9-14(12)15/h5,7,9,12-13,15H,3-4,6,8,10-11H2,1-2H3. The number of allylic oxidation sites excluding steroid dienone is 4. The van der Waals surface area contributed by atoms with E-state index in [4.69, 9.17) is 0 Å². The van der Waals surface area contributed by atoms with Gasteiger partial charge in [0, 0.05) is 0 Å². The second-order valence-electron chi connectivity index (χ2n) is 5.14. The van der Waals surface area contributed by atoms with E-state index in [9.17, 15) is 0 Å². The van der Waals surface area contributed by atoms with Crippen LogP contribution < -0.4 is 0 Å². The van der Waals surface area contributed by atoms with Gasteiger partial charge in [-0.25, -0.2) is 0 Å². The van der Waals surface area contributed by atoms with Crippen LogP contribution in [-0.2, 0) is 0 Å². The third-order valence-corrected chi connectivity index (χ3v) is 4.38. The minimum absolute atomic E-state index is 0.891. The molecule has 0 heteroatoms. The molecular weight excluding hydrogens is 180 g/mol. The molecule has 0 nitrogen and oxygen atoms in total. The fourth-order valence-electron chi connectivity index (χ4n) is 3.49. The summed E-state index contributed by atoms with van der Waals surface area (Å²) in [7, 11) is 0. The zero-order valence-corrected chi connectivity index (χ0v) is 10.2. The lowest BCUT2D eigenvalue weighted by Gasteiger charge is -2.20. The van der Waals surface area contributed by atoms with E-state index in [1.165, 1.54) is 38.5 Å². The van der Waals surface area contributed by atoms with Crippen LogP contribution in [0.3, 0.4) is 0 Å². The lowest BCUT2D eigenvalue weighted by Crippen LogP contribution is -2.09. The van der Waals surface area contributed by atoms with Gasteiger partial charge in [0.1, 0.15) is 0 Å². The molecule has 2 aliphatic carbocycles. The fourth-order valence-corrected chi connectivity index (χ4v) is 3.49. The van der Waals surface area contributed by atoms with Crippen molar-refractivity contribution in [3.63, 3.8) is 0 Å². The molecular formula is C15H24. The van der Waals surface area contributed by atoms with E-state index in [-0.39, 0.29) is 0 Å². The molecule has 0 spiro atoms.